The second-order valence-electron chi connectivity index (χ2n) is 7.10. The zero-order valence-corrected chi connectivity index (χ0v) is 16.9. The minimum absolute atomic E-state index is 0.0530. The van der Waals surface area contributed by atoms with Crippen molar-refractivity contribution in [2.24, 2.45) is 0 Å². The first kappa shape index (κ1) is 21.6. The van der Waals surface area contributed by atoms with Crippen molar-refractivity contribution >= 4 is 33.7 Å². The quantitative estimate of drug-likeness (QED) is 0.426. The molecule has 4 aromatic rings. The Morgan fingerprint density at radius 3 is 2.75 bits per heavy atom. The first-order valence-corrected chi connectivity index (χ1v) is 9.87. The van der Waals surface area contributed by atoms with Gasteiger partial charge in [-0.3, -0.25) is 4.79 Å². The zero-order chi connectivity index (χ0) is 22.7. The van der Waals surface area contributed by atoms with Crippen LogP contribution in [0.3, 0.4) is 0 Å². The lowest BCUT2D eigenvalue weighted by atomic mass is 10.1. The number of nitrogens with one attached hydrogen (secondary N) is 1. The van der Waals surface area contributed by atoms with Gasteiger partial charge >= 0.3 is 6.18 Å². The molecule has 0 radical (unpaired) electrons. The summed E-state index contributed by atoms with van der Waals surface area (Å²) >= 11 is 0. The fraction of sp³-hybridized carbons (Fsp3) is 0.227. The molecule has 4 rings (SSSR count). The van der Waals surface area contributed by atoms with E-state index in [-0.39, 0.29) is 18.7 Å². The zero-order valence-electron chi connectivity index (χ0n) is 16.9. The second kappa shape index (κ2) is 8.83. The van der Waals surface area contributed by atoms with E-state index in [1.165, 1.54) is 12.1 Å². The van der Waals surface area contributed by atoms with Crippen molar-refractivity contribution in [3.63, 3.8) is 0 Å². The van der Waals surface area contributed by atoms with Crippen LogP contribution < -0.4 is 11.1 Å². The van der Waals surface area contributed by atoms with Crippen molar-refractivity contribution in [1.82, 2.24) is 19.9 Å². The summed E-state index contributed by atoms with van der Waals surface area (Å²) in [5.74, 6) is -0.231. The number of para-hydroxylation sites is 1. The van der Waals surface area contributed by atoms with Gasteiger partial charge in [0.25, 0.3) is 5.91 Å². The number of alkyl halides is 3. The predicted molar refractivity (Wildman–Crippen MR) is 114 cm³/mol. The number of nitrogens with two attached hydrogens (primary N) is 1. The highest BCUT2D eigenvalue weighted by atomic mass is 19.4. The molecule has 2 aromatic carbocycles. The molecule has 2 heterocycles. The highest BCUT2D eigenvalue weighted by Gasteiger charge is 2.30. The molecule has 0 saturated heterocycles. The molecule has 0 aliphatic heterocycles. The summed E-state index contributed by atoms with van der Waals surface area (Å²) in [5.41, 5.74) is 7.37. The lowest BCUT2D eigenvalue weighted by molar-refractivity contribution is -0.137. The van der Waals surface area contributed by atoms with Crippen LogP contribution >= 0.6 is 0 Å². The number of fused-ring (bicyclic) bond motifs is 3. The molecule has 0 fully saturated rings. The Labute approximate surface area is 181 Å². The SMILES string of the molecule is Nc1nc2ccccc2c2c1ncn2CCOCCNC(=O)c1cccc(C(F)(F)F)c1. The highest BCUT2D eigenvalue weighted by Crippen LogP contribution is 2.29. The molecule has 0 atom stereocenters. The lowest BCUT2D eigenvalue weighted by Gasteiger charge is -2.10. The number of carbonyl (C=O) groups excluding carboxylic acids is 1. The number of hydrogen-bond donors (Lipinski definition) is 2. The summed E-state index contributed by atoms with van der Waals surface area (Å²) in [6.45, 7) is 1.23. The topological polar surface area (TPSA) is 95.1 Å². The molecule has 1 amide bonds. The molecular formula is C22H20F3N5O2. The Morgan fingerprint density at radius 2 is 1.94 bits per heavy atom. The molecule has 3 N–H and O–H groups in total. The Hall–Kier alpha value is -3.66. The van der Waals surface area contributed by atoms with E-state index in [0.717, 1.165) is 28.6 Å². The number of pyridine rings is 1. The van der Waals surface area contributed by atoms with Crippen molar-refractivity contribution in [1.29, 1.82) is 0 Å². The Morgan fingerprint density at radius 1 is 1.12 bits per heavy atom. The molecule has 32 heavy (non-hydrogen) atoms. The van der Waals surface area contributed by atoms with Gasteiger partial charge in [-0.1, -0.05) is 24.3 Å². The fourth-order valence-electron chi connectivity index (χ4n) is 3.42. The maximum atomic E-state index is 12.8. The second-order valence-corrected chi connectivity index (χ2v) is 7.10. The summed E-state index contributed by atoms with van der Waals surface area (Å²) in [6.07, 6.45) is -2.82. The number of ether oxygens (including phenoxy) is 1. The molecule has 0 saturated carbocycles. The number of imidazole rings is 1. The number of anilines is 1. The Bertz CT molecular complexity index is 1270. The molecule has 2 aromatic heterocycles. The van der Waals surface area contributed by atoms with Crippen LogP contribution in [0, 0.1) is 0 Å². The number of benzene rings is 2. The van der Waals surface area contributed by atoms with Crippen LogP contribution in [0.1, 0.15) is 15.9 Å². The maximum absolute atomic E-state index is 12.8. The van der Waals surface area contributed by atoms with Crippen molar-refractivity contribution < 1.29 is 22.7 Å². The Kier molecular flexibility index (Phi) is 5.95. The van der Waals surface area contributed by atoms with Gasteiger partial charge in [-0.05, 0) is 24.3 Å². The van der Waals surface area contributed by atoms with Gasteiger partial charge in [0.2, 0.25) is 0 Å². The van der Waals surface area contributed by atoms with E-state index in [4.69, 9.17) is 10.5 Å². The van der Waals surface area contributed by atoms with Crippen LogP contribution in [0.4, 0.5) is 19.0 Å². The number of nitrogens with zero attached hydrogens (tertiary/aromatic N) is 3. The molecular weight excluding hydrogens is 423 g/mol. The number of nitrogen functional groups attached to an aromatic ring is 1. The highest BCUT2D eigenvalue weighted by molar-refractivity contribution is 6.06. The number of amides is 1. The number of carbonyl (C=O) groups is 1. The van der Waals surface area contributed by atoms with Crippen LogP contribution in [0.5, 0.6) is 0 Å². The summed E-state index contributed by atoms with van der Waals surface area (Å²) in [7, 11) is 0. The predicted octanol–water partition coefficient (Wildman–Crippen LogP) is 3.63. The average Bonchev–Trinajstić information content (AvgIpc) is 3.20. The lowest BCUT2D eigenvalue weighted by Crippen LogP contribution is -2.27. The number of aromatic nitrogens is 3. The van der Waals surface area contributed by atoms with Gasteiger partial charge in [0.05, 0.1) is 36.1 Å². The van der Waals surface area contributed by atoms with E-state index in [9.17, 15) is 18.0 Å². The van der Waals surface area contributed by atoms with Crippen LogP contribution in [-0.4, -0.2) is 40.2 Å². The molecule has 166 valence electrons. The summed E-state index contributed by atoms with van der Waals surface area (Å²) in [6, 6.07) is 11.9. The van der Waals surface area contributed by atoms with Crippen molar-refractivity contribution in [2.45, 2.75) is 12.7 Å². The molecule has 0 aliphatic carbocycles. The first-order valence-electron chi connectivity index (χ1n) is 9.87. The summed E-state index contributed by atoms with van der Waals surface area (Å²) in [4.78, 5) is 20.8. The molecule has 7 nitrogen and oxygen atoms in total. The third-order valence-corrected chi connectivity index (χ3v) is 4.94. The van der Waals surface area contributed by atoms with Gasteiger partial charge in [0.15, 0.2) is 5.82 Å². The van der Waals surface area contributed by atoms with Crippen LogP contribution in [-0.2, 0) is 17.5 Å². The van der Waals surface area contributed by atoms with E-state index in [1.54, 1.807) is 6.33 Å². The number of hydrogen-bond acceptors (Lipinski definition) is 5. The van der Waals surface area contributed by atoms with Gasteiger partial charge < -0.3 is 20.4 Å². The van der Waals surface area contributed by atoms with E-state index in [0.29, 0.717) is 24.5 Å². The molecule has 10 heteroatoms. The van der Waals surface area contributed by atoms with Crippen molar-refractivity contribution in [3.05, 3.63) is 66.0 Å². The number of rotatable bonds is 7. The van der Waals surface area contributed by atoms with Gasteiger partial charge in [0, 0.05) is 24.0 Å². The van der Waals surface area contributed by atoms with Crippen LogP contribution in [0.2, 0.25) is 0 Å². The van der Waals surface area contributed by atoms with E-state index in [2.05, 4.69) is 15.3 Å². The maximum Gasteiger partial charge on any atom is 0.416 e. The smallest absolute Gasteiger partial charge is 0.382 e. The van der Waals surface area contributed by atoms with E-state index < -0.39 is 17.6 Å². The van der Waals surface area contributed by atoms with Crippen molar-refractivity contribution in [2.75, 3.05) is 25.5 Å². The molecule has 0 spiro atoms. The van der Waals surface area contributed by atoms with Gasteiger partial charge in [0.1, 0.15) is 5.52 Å². The van der Waals surface area contributed by atoms with E-state index in [1.807, 2.05) is 28.8 Å². The van der Waals surface area contributed by atoms with Crippen LogP contribution in [0.25, 0.3) is 21.9 Å². The van der Waals surface area contributed by atoms with Crippen molar-refractivity contribution in [3.8, 4) is 0 Å². The molecule has 0 aliphatic rings. The monoisotopic (exact) mass is 443 g/mol. The summed E-state index contributed by atoms with van der Waals surface area (Å²) < 4.78 is 45.8. The first-order chi connectivity index (χ1) is 15.3. The normalized spacial score (nSPS) is 11.8. The van der Waals surface area contributed by atoms with Gasteiger partial charge in [-0.15, -0.1) is 0 Å². The minimum Gasteiger partial charge on any atom is -0.382 e. The number of halogens is 3. The van der Waals surface area contributed by atoms with Gasteiger partial charge in [-0.25, -0.2) is 9.97 Å². The largest absolute Gasteiger partial charge is 0.416 e. The Balaban J connectivity index is 1.30. The minimum atomic E-state index is -4.50. The molecule has 0 unspecified atom stereocenters. The van der Waals surface area contributed by atoms with Crippen LogP contribution in [0.15, 0.2) is 54.9 Å². The standard InChI is InChI=1S/C22H20F3N5O2/c23-22(24,25)15-5-3-4-14(12-15)21(31)27-8-10-32-11-9-30-13-28-18-19(30)16-6-1-2-7-17(16)29-20(18)26/h1-7,12-13H,8-11H2,(H2,26,29)(H,27,31). The van der Waals surface area contributed by atoms with Gasteiger partial charge in [-0.2, -0.15) is 13.2 Å². The molecule has 0 bridgehead atoms. The third kappa shape index (κ3) is 4.50. The fourth-order valence-corrected chi connectivity index (χ4v) is 3.42. The summed E-state index contributed by atoms with van der Waals surface area (Å²) in [5, 5.41) is 3.49. The van der Waals surface area contributed by atoms with E-state index >= 15 is 0 Å². The third-order valence-electron chi connectivity index (χ3n) is 4.94. The average molecular weight is 443 g/mol.